The van der Waals surface area contributed by atoms with Gasteiger partial charge in [-0.15, -0.1) is 0 Å². The van der Waals surface area contributed by atoms with E-state index in [1.807, 2.05) is 12.3 Å². The van der Waals surface area contributed by atoms with Crippen LogP contribution >= 0.6 is 0 Å². The van der Waals surface area contributed by atoms with Crippen LogP contribution in [0, 0.1) is 6.92 Å². The molecule has 0 amide bonds. The summed E-state index contributed by atoms with van der Waals surface area (Å²) in [5.41, 5.74) is 3.50. The van der Waals surface area contributed by atoms with Crippen LogP contribution in [0.5, 0.6) is 0 Å². The Kier molecular flexibility index (Phi) is 2.37. The molecule has 1 aromatic heterocycles. The molecule has 0 aliphatic rings. The van der Waals surface area contributed by atoms with Crippen LogP contribution in [0.15, 0.2) is 60.8 Å². The van der Waals surface area contributed by atoms with Gasteiger partial charge >= 0.3 is 0 Å². The number of fused-ring (bicyclic) bond motifs is 1. The van der Waals surface area contributed by atoms with Crippen LogP contribution in [0.4, 0.5) is 0 Å². The number of aromatic nitrogens is 1. The summed E-state index contributed by atoms with van der Waals surface area (Å²) in [7, 11) is 0. The number of pyridine rings is 1. The molecule has 2 aromatic carbocycles. The maximum Gasteiger partial charge on any atom is 0.0780 e. The number of nitrogens with zero attached hydrogens (tertiary/aromatic N) is 1. The molecule has 0 fully saturated rings. The molecule has 0 saturated heterocycles. The molecule has 3 rings (SSSR count). The lowest BCUT2D eigenvalue weighted by atomic mass is 10.0. The molecule has 0 unspecified atom stereocenters. The van der Waals surface area contributed by atoms with Crippen molar-refractivity contribution in [2.75, 3.05) is 0 Å². The quantitative estimate of drug-likeness (QED) is 0.597. The van der Waals surface area contributed by atoms with E-state index in [9.17, 15) is 0 Å². The molecule has 1 heterocycles. The van der Waals surface area contributed by atoms with Crippen molar-refractivity contribution in [2.24, 2.45) is 0 Å². The first-order valence-corrected chi connectivity index (χ1v) is 5.75. The van der Waals surface area contributed by atoms with Crippen LogP contribution in [0.25, 0.3) is 22.0 Å². The minimum atomic E-state index is 1.06. The van der Waals surface area contributed by atoms with Gasteiger partial charge in [0, 0.05) is 17.1 Å². The summed E-state index contributed by atoms with van der Waals surface area (Å²) in [5, 5.41) is 2.44. The van der Waals surface area contributed by atoms with Crippen molar-refractivity contribution in [3.63, 3.8) is 0 Å². The molecule has 1 nitrogen and oxygen atoms in total. The molecule has 1 heteroatoms. The number of rotatable bonds is 1. The van der Waals surface area contributed by atoms with Gasteiger partial charge in [0.25, 0.3) is 0 Å². The van der Waals surface area contributed by atoms with E-state index in [0.717, 1.165) is 5.69 Å². The second-order valence-corrected chi connectivity index (χ2v) is 4.25. The molecule has 0 saturated carbocycles. The molecular formula is C16H13N. The molecule has 17 heavy (non-hydrogen) atoms. The monoisotopic (exact) mass is 219 g/mol. The Bertz CT molecular complexity index is 648. The fourth-order valence-electron chi connectivity index (χ4n) is 2.06. The molecule has 0 bridgehead atoms. The summed E-state index contributed by atoms with van der Waals surface area (Å²) in [6, 6.07) is 18.9. The van der Waals surface area contributed by atoms with Crippen LogP contribution in [-0.2, 0) is 0 Å². The molecule has 82 valence electrons. The standard InChI is InChI=1S/C16H13N/c1-12-6-8-14(9-7-12)16-15-5-3-2-4-13(15)10-11-17-16/h2-11H,1H3. The first kappa shape index (κ1) is 10.0. The zero-order valence-electron chi connectivity index (χ0n) is 9.72. The van der Waals surface area contributed by atoms with Gasteiger partial charge in [-0.05, 0) is 18.4 Å². The normalized spacial score (nSPS) is 10.6. The van der Waals surface area contributed by atoms with Gasteiger partial charge in [-0.25, -0.2) is 0 Å². The Balaban J connectivity index is 2.27. The van der Waals surface area contributed by atoms with Crippen LogP contribution in [-0.4, -0.2) is 4.98 Å². The molecule has 0 aliphatic heterocycles. The molecule has 3 aromatic rings. The minimum absolute atomic E-state index is 1.06. The van der Waals surface area contributed by atoms with E-state index in [2.05, 4.69) is 60.4 Å². The number of benzene rings is 2. The Morgan fingerprint density at radius 1 is 0.824 bits per heavy atom. The Morgan fingerprint density at radius 3 is 2.41 bits per heavy atom. The average molecular weight is 219 g/mol. The van der Waals surface area contributed by atoms with Crippen molar-refractivity contribution in [2.45, 2.75) is 6.92 Å². The predicted molar refractivity (Wildman–Crippen MR) is 71.9 cm³/mol. The topological polar surface area (TPSA) is 12.9 Å². The van der Waals surface area contributed by atoms with E-state index < -0.39 is 0 Å². The summed E-state index contributed by atoms with van der Waals surface area (Å²) in [4.78, 5) is 4.51. The van der Waals surface area contributed by atoms with Crippen molar-refractivity contribution < 1.29 is 0 Å². The fourth-order valence-corrected chi connectivity index (χ4v) is 2.06. The highest BCUT2D eigenvalue weighted by Crippen LogP contribution is 2.26. The van der Waals surface area contributed by atoms with E-state index in [4.69, 9.17) is 0 Å². The zero-order chi connectivity index (χ0) is 11.7. The van der Waals surface area contributed by atoms with Crippen LogP contribution in [0.3, 0.4) is 0 Å². The second kappa shape index (κ2) is 4.02. The van der Waals surface area contributed by atoms with Gasteiger partial charge in [-0.2, -0.15) is 0 Å². The molecular weight excluding hydrogens is 206 g/mol. The van der Waals surface area contributed by atoms with Crippen LogP contribution < -0.4 is 0 Å². The van der Waals surface area contributed by atoms with Crippen molar-refractivity contribution >= 4 is 10.8 Å². The fraction of sp³-hybridized carbons (Fsp3) is 0.0625. The maximum absolute atomic E-state index is 4.51. The summed E-state index contributed by atoms with van der Waals surface area (Å²) in [6.07, 6.45) is 1.87. The van der Waals surface area contributed by atoms with Crippen LogP contribution in [0.1, 0.15) is 5.56 Å². The maximum atomic E-state index is 4.51. The number of hydrogen-bond donors (Lipinski definition) is 0. The van der Waals surface area contributed by atoms with Gasteiger partial charge in [0.1, 0.15) is 0 Å². The average Bonchev–Trinajstić information content (AvgIpc) is 2.39. The number of hydrogen-bond acceptors (Lipinski definition) is 1. The van der Waals surface area contributed by atoms with Gasteiger partial charge in [0.05, 0.1) is 5.69 Å². The lowest BCUT2D eigenvalue weighted by Crippen LogP contribution is -1.85. The Labute approximate surface area is 101 Å². The first-order valence-electron chi connectivity index (χ1n) is 5.75. The minimum Gasteiger partial charge on any atom is -0.256 e. The summed E-state index contributed by atoms with van der Waals surface area (Å²) in [5.74, 6) is 0. The van der Waals surface area contributed by atoms with E-state index in [-0.39, 0.29) is 0 Å². The highest BCUT2D eigenvalue weighted by Gasteiger charge is 2.03. The van der Waals surface area contributed by atoms with Gasteiger partial charge in [-0.1, -0.05) is 54.1 Å². The second-order valence-electron chi connectivity index (χ2n) is 4.25. The molecule has 0 N–H and O–H groups in total. The highest BCUT2D eigenvalue weighted by molar-refractivity contribution is 5.94. The van der Waals surface area contributed by atoms with E-state index in [0.29, 0.717) is 0 Å². The third kappa shape index (κ3) is 1.80. The first-order chi connectivity index (χ1) is 8.34. The number of aryl methyl sites for hydroxylation is 1. The van der Waals surface area contributed by atoms with Crippen molar-refractivity contribution in [3.8, 4) is 11.3 Å². The largest absolute Gasteiger partial charge is 0.256 e. The molecule has 0 spiro atoms. The third-order valence-electron chi connectivity index (χ3n) is 3.00. The molecule has 0 radical (unpaired) electrons. The predicted octanol–water partition coefficient (Wildman–Crippen LogP) is 4.21. The highest BCUT2D eigenvalue weighted by atomic mass is 14.7. The van der Waals surface area contributed by atoms with Gasteiger partial charge in [0.2, 0.25) is 0 Å². The van der Waals surface area contributed by atoms with E-state index in [1.165, 1.54) is 21.9 Å². The zero-order valence-corrected chi connectivity index (χ0v) is 9.72. The summed E-state index contributed by atoms with van der Waals surface area (Å²) >= 11 is 0. The smallest absolute Gasteiger partial charge is 0.0780 e. The van der Waals surface area contributed by atoms with Crippen LogP contribution in [0.2, 0.25) is 0 Å². The SMILES string of the molecule is Cc1ccc(-c2nccc3ccccc23)cc1. The van der Waals surface area contributed by atoms with Gasteiger partial charge < -0.3 is 0 Å². The van der Waals surface area contributed by atoms with Gasteiger partial charge in [0.15, 0.2) is 0 Å². The summed E-state index contributed by atoms with van der Waals surface area (Å²) < 4.78 is 0. The van der Waals surface area contributed by atoms with E-state index in [1.54, 1.807) is 0 Å². The lowest BCUT2D eigenvalue weighted by Gasteiger charge is -2.05. The summed E-state index contributed by atoms with van der Waals surface area (Å²) in [6.45, 7) is 2.10. The van der Waals surface area contributed by atoms with Gasteiger partial charge in [-0.3, -0.25) is 4.98 Å². The molecule has 0 aliphatic carbocycles. The third-order valence-corrected chi connectivity index (χ3v) is 3.00. The Hall–Kier alpha value is -2.15. The van der Waals surface area contributed by atoms with Crippen molar-refractivity contribution in [1.82, 2.24) is 4.98 Å². The lowest BCUT2D eigenvalue weighted by molar-refractivity contribution is 1.35. The molecule has 0 atom stereocenters. The van der Waals surface area contributed by atoms with E-state index >= 15 is 0 Å². The Morgan fingerprint density at radius 2 is 1.59 bits per heavy atom. The van der Waals surface area contributed by atoms with Crippen molar-refractivity contribution in [1.29, 1.82) is 0 Å². The van der Waals surface area contributed by atoms with Crippen molar-refractivity contribution in [3.05, 3.63) is 66.4 Å².